The van der Waals surface area contributed by atoms with Crippen LogP contribution >= 0.6 is 0 Å². The predicted molar refractivity (Wildman–Crippen MR) is 68.0 cm³/mol. The van der Waals surface area contributed by atoms with Crippen molar-refractivity contribution in [3.05, 3.63) is 35.3 Å². The number of carboxylic acid groups (broad SMARTS) is 1. The average molecular weight is 277 g/mol. The number of halogens is 1. The largest absolute Gasteiger partial charge is 0.480 e. The fourth-order valence-electron chi connectivity index (χ4n) is 2.20. The van der Waals surface area contributed by atoms with E-state index in [2.05, 4.69) is 5.32 Å². The summed E-state index contributed by atoms with van der Waals surface area (Å²) in [6.45, 7) is 1.64. The van der Waals surface area contributed by atoms with E-state index in [1.54, 1.807) is 6.92 Å². The van der Waals surface area contributed by atoms with Crippen molar-refractivity contribution in [3.63, 3.8) is 0 Å². The van der Waals surface area contributed by atoms with Crippen LogP contribution in [-0.2, 0) is 4.79 Å². The molecule has 1 fully saturated rings. The van der Waals surface area contributed by atoms with Crippen molar-refractivity contribution < 1.29 is 23.5 Å². The van der Waals surface area contributed by atoms with E-state index in [0.29, 0.717) is 29.4 Å². The number of carbonyl (C=O) groups excluding carboxylic acids is 1. The highest BCUT2D eigenvalue weighted by molar-refractivity contribution is 6.01. The van der Waals surface area contributed by atoms with Crippen molar-refractivity contribution in [3.8, 4) is 0 Å². The Morgan fingerprint density at radius 1 is 1.40 bits per heavy atom. The third-order valence-electron chi connectivity index (χ3n) is 3.62. The van der Waals surface area contributed by atoms with Gasteiger partial charge >= 0.3 is 5.97 Å². The number of hydrogen-bond acceptors (Lipinski definition) is 3. The molecule has 0 unspecified atom stereocenters. The summed E-state index contributed by atoms with van der Waals surface area (Å²) in [6.07, 6.45) is 0.809. The summed E-state index contributed by atoms with van der Waals surface area (Å²) in [5, 5.41) is 12.0. The van der Waals surface area contributed by atoms with Gasteiger partial charge in [0.05, 0.1) is 0 Å². The van der Waals surface area contributed by atoms with Gasteiger partial charge in [0.1, 0.15) is 16.9 Å². The van der Waals surface area contributed by atoms with Crippen molar-refractivity contribution >= 4 is 22.8 Å². The monoisotopic (exact) mass is 277 g/mol. The number of aryl methyl sites for hydroxylation is 1. The van der Waals surface area contributed by atoms with Crippen molar-refractivity contribution in [2.75, 3.05) is 0 Å². The van der Waals surface area contributed by atoms with E-state index in [1.165, 1.54) is 18.2 Å². The smallest absolute Gasteiger partial charge is 0.329 e. The van der Waals surface area contributed by atoms with Gasteiger partial charge in [-0.15, -0.1) is 0 Å². The number of benzene rings is 1. The molecule has 1 aromatic carbocycles. The second-order valence-electron chi connectivity index (χ2n) is 5.04. The summed E-state index contributed by atoms with van der Waals surface area (Å²) in [7, 11) is 0. The van der Waals surface area contributed by atoms with Gasteiger partial charge in [-0.1, -0.05) is 0 Å². The standard InChI is InChI=1S/C14H12FNO4/c1-7-9-6-8(15)2-3-10(9)20-11(7)12(17)16-14(4-5-14)13(18)19/h2-3,6H,4-5H2,1H3,(H,16,17)(H,18,19). The van der Waals surface area contributed by atoms with E-state index in [9.17, 15) is 14.0 Å². The van der Waals surface area contributed by atoms with E-state index >= 15 is 0 Å². The summed E-state index contributed by atoms with van der Waals surface area (Å²) in [5.74, 6) is -2.03. The lowest BCUT2D eigenvalue weighted by molar-refractivity contribution is -0.140. The number of nitrogens with one attached hydrogen (secondary N) is 1. The van der Waals surface area contributed by atoms with Crippen molar-refractivity contribution in [1.82, 2.24) is 5.32 Å². The molecule has 2 aromatic rings. The predicted octanol–water partition coefficient (Wildman–Crippen LogP) is 2.23. The first-order valence-corrected chi connectivity index (χ1v) is 6.17. The molecule has 0 bridgehead atoms. The maximum Gasteiger partial charge on any atom is 0.329 e. The lowest BCUT2D eigenvalue weighted by atomic mass is 10.1. The number of rotatable bonds is 3. The molecule has 0 atom stereocenters. The first kappa shape index (κ1) is 12.7. The van der Waals surface area contributed by atoms with Crippen LogP contribution in [0.1, 0.15) is 29.0 Å². The van der Waals surface area contributed by atoms with Gasteiger partial charge in [0.2, 0.25) is 0 Å². The number of fused-ring (bicyclic) bond motifs is 1. The first-order valence-electron chi connectivity index (χ1n) is 6.17. The fourth-order valence-corrected chi connectivity index (χ4v) is 2.20. The van der Waals surface area contributed by atoms with Gasteiger partial charge in [0.25, 0.3) is 5.91 Å². The highest BCUT2D eigenvalue weighted by Crippen LogP contribution is 2.36. The zero-order valence-electron chi connectivity index (χ0n) is 10.7. The van der Waals surface area contributed by atoms with E-state index in [4.69, 9.17) is 9.52 Å². The van der Waals surface area contributed by atoms with E-state index in [-0.39, 0.29) is 5.76 Å². The summed E-state index contributed by atoms with van der Waals surface area (Å²) in [5.41, 5.74) is -0.277. The van der Waals surface area contributed by atoms with Gasteiger partial charge in [-0.3, -0.25) is 4.79 Å². The molecule has 5 nitrogen and oxygen atoms in total. The van der Waals surface area contributed by atoms with Crippen LogP contribution in [0, 0.1) is 12.7 Å². The molecule has 1 aliphatic carbocycles. The van der Waals surface area contributed by atoms with E-state index in [0.717, 1.165) is 0 Å². The Balaban J connectivity index is 1.96. The minimum absolute atomic E-state index is 0.0260. The molecule has 104 valence electrons. The minimum Gasteiger partial charge on any atom is -0.480 e. The molecule has 1 aliphatic rings. The molecule has 0 aliphatic heterocycles. The Morgan fingerprint density at radius 2 is 2.10 bits per heavy atom. The van der Waals surface area contributed by atoms with Crippen LogP contribution in [0.3, 0.4) is 0 Å². The molecular weight excluding hydrogens is 265 g/mol. The van der Waals surface area contributed by atoms with Gasteiger partial charge in [0, 0.05) is 10.9 Å². The normalized spacial score (nSPS) is 16.1. The first-order chi connectivity index (χ1) is 9.43. The number of carboxylic acids is 1. The summed E-state index contributed by atoms with van der Waals surface area (Å²) in [6, 6.07) is 3.97. The van der Waals surface area contributed by atoms with Crippen molar-refractivity contribution in [2.45, 2.75) is 25.3 Å². The van der Waals surface area contributed by atoms with Gasteiger partial charge in [-0.05, 0) is 38.0 Å². The Morgan fingerprint density at radius 3 is 2.70 bits per heavy atom. The molecule has 3 rings (SSSR count). The van der Waals surface area contributed by atoms with Crippen LogP contribution in [-0.4, -0.2) is 22.5 Å². The molecular formula is C14H12FNO4. The number of aliphatic carboxylic acids is 1. The molecule has 1 amide bonds. The van der Waals surface area contributed by atoms with Gasteiger partial charge < -0.3 is 14.8 Å². The molecule has 0 spiro atoms. The zero-order chi connectivity index (χ0) is 14.5. The molecule has 0 saturated heterocycles. The van der Waals surface area contributed by atoms with Gasteiger partial charge in [0.15, 0.2) is 5.76 Å². The second kappa shape index (κ2) is 4.06. The third kappa shape index (κ3) is 1.84. The van der Waals surface area contributed by atoms with Gasteiger partial charge in [-0.2, -0.15) is 0 Å². The SMILES string of the molecule is Cc1c(C(=O)NC2(C(=O)O)CC2)oc2ccc(F)cc12. The number of hydrogen-bond donors (Lipinski definition) is 2. The summed E-state index contributed by atoms with van der Waals surface area (Å²) in [4.78, 5) is 23.2. The Kier molecular flexibility index (Phi) is 2.57. The van der Waals surface area contributed by atoms with Crippen LogP contribution in [0.4, 0.5) is 4.39 Å². The van der Waals surface area contributed by atoms with Crippen LogP contribution in [0.5, 0.6) is 0 Å². The van der Waals surface area contributed by atoms with E-state index in [1.807, 2.05) is 0 Å². The number of carbonyl (C=O) groups is 2. The lowest BCUT2D eigenvalue weighted by Gasteiger charge is -2.11. The maximum absolute atomic E-state index is 13.2. The highest BCUT2D eigenvalue weighted by atomic mass is 19.1. The second-order valence-corrected chi connectivity index (χ2v) is 5.04. The highest BCUT2D eigenvalue weighted by Gasteiger charge is 2.52. The minimum atomic E-state index is -1.17. The fraction of sp³-hybridized carbons (Fsp3) is 0.286. The molecule has 6 heteroatoms. The molecule has 1 heterocycles. The molecule has 1 aromatic heterocycles. The topological polar surface area (TPSA) is 79.5 Å². The number of furan rings is 1. The average Bonchev–Trinajstić information content (AvgIpc) is 3.10. The molecule has 2 N–H and O–H groups in total. The number of amides is 1. The Labute approximate surface area is 113 Å². The van der Waals surface area contributed by atoms with Crippen LogP contribution < -0.4 is 5.32 Å². The zero-order valence-corrected chi connectivity index (χ0v) is 10.7. The Bertz CT molecular complexity index is 730. The van der Waals surface area contributed by atoms with Crippen LogP contribution in [0.25, 0.3) is 11.0 Å². The third-order valence-corrected chi connectivity index (χ3v) is 3.62. The molecule has 0 radical (unpaired) electrons. The Hall–Kier alpha value is -2.37. The lowest BCUT2D eigenvalue weighted by Crippen LogP contribution is -2.43. The van der Waals surface area contributed by atoms with Crippen molar-refractivity contribution in [2.24, 2.45) is 0 Å². The molecule has 20 heavy (non-hydrogen) atoms. The molecule has 1 saturated carbocycles. The maximum atomic E-state index is 13.2. The quantitative estimate of drug-likeness (QED) is 0.901. The van der Waals surface area contributed by atoms with Crippen molar-refractivity contribution in [1.29, 1.82) is 0 Å². The van der Waals surface area contributed by atoms with Gasteiger partial charge in [-0.25, -0.2) is 9.18 Å². The summed E-state index contributed by atoms with van der Waals surface area (Å²) >= 11 is 0. The van der Waals surface area contributed by atoms with Crippen LogP contribution in [0.2, 0.25) is 0 Å². The van der Waals surface area contributed by atoms with E-state index < -0.39 is 23.2 Å². The van der Waals surface area contributed by atoms with Crippen LogP contribution in [0.15, 0.2) is 22.6 Å². The summed E-state index contributed by atoms with van der Waals surface area (Å²) < 4.78 is 18.6.